The van der Waals surface area contributed by atoms with E-state index in [1.807, 2.05) is 36.9 Å². The van der Waals surface area contributed by atoms with E-state index in [4.69, 9.17) is 4.98 Å². The molecule has 12 heteroatoms. The Morgan fingerprint density at radius 3 is 2.63 bits per heavy atom. The van der Waals surface area contributed by atoms with Gasteiger partial charge < -0.3 is 14.5 Å². The minimum atomic E-state index is -4.34. The number of nitrogens with zero attached hydrogens (tertiary/aromatic N) is 8. The van der Waals surface area contributed by atoms with Crippen LogP contribution >= 0.6 is 0 Å². The molecular formula is C23H24F3N9. The molecule has 1 N–H and O–H groups in total. The van der Waals surface area contributed by atoms with Gasteiger partial charge in [-0.2, -0.15) is 18.3 Å². The van der Waals surface area contributed by atoms with Crippen LogP contribution < -0.4 is 5.32 Å². The molecule has 35 heavy (non-hydrogen) atoms. The molecule has 0 saturated heterocycles. The van der Waals surface area contributed by atoms with Crippen LogP contribution in [0, 0.1) is 6.92 Å². The molecule has 0 amide bonds. The molecule has 4 aromatic heterocycles. The van der Waals surface area contributed by atoms with E-state index < -0.39 is 11.6 Å². The SMILES string of the molecule is Cc1cnc(Nc2ccnn2C)nc1-c1cc2n(c1)CCCn1c-2nnc1C1(C(F)(F)F)CCC1. The van der Waals surface area contributed by atoms with Crippen LogP contribution in [0.5, 0.6) is 0 Å². The Kier molecular flexibility index (Phi) is 4.77. The van der Waals surface area contributed by atoms with Gasteiger partial charge in [-0.3, -0.25) is 4.68 Å². The first-order valence-corrected chi connectivity index (χ1v) is 11.6. The Bertz CT molecular complexity index is 1410. The summed E-state index contributed by atoms with van der Waals surface area (Å²) >= 11 is 0. The molecular weight excluding hydrogens is 459 g/mol. The summed E-state index contributed by atoms with van der Waals surface area (Å²) in [4.78, 5) is 9.09. The summed E-state index contributed by atoms with van der Waals surface area (Å²) in [5, 5.41) is 15.7. The van der Waals surface area contributed by atoms with E-state index in [-0.39, 0.29) is 18.7 Å². The second-order valence-electron chi connectivity index (χ2n) is 9.28. The molecule has 0 unspecified atom stereocenters. The van der Waals surface area contributed by atoms with Gasteiger partial charge >= 0.3 is 6.18 Å². The van der Waals surface area contributed by atoms with E-state index in [9.17, 15) is 13.2 Å². The molecule has 182 valence electrons. The molecule has 0 aromatic carbocycles. The van der Waals surface area contributed by atoms with Gasteiger partial charge in [0, 0.05) is 44.2 Å². The zero-order chi connectivity index (χ0) is 24.4. The van der Waals surface area contributed by atoms with Crippen molar-refractivity contribution in [3.8, 4) is 22.8 Å². The standard InChI is InChI=1S/C23H24F3N9/c1-14-12-27-21(29-17-5-8-28-33(17)2)30-18(14)15-11-16-19-31-32-20(22(6-3-7-22)23(24,25)26)35(19)10-4-9-34(16)13-15/h5,8,11-13H,3-4,6-7,9-10H2,1-2H3,(H,27,29,30). The Balaban J connectivity index is 1.40. The van der Waals surface area contributed by atoms with Crippen LogP contribution in [0.2, 0.25) is 0 Å². The topological polar surface area (TPSA) is 91.3 Å². The van der Waals surface area contributed by atoms with Crippen LogP contribution in [0.3, 0.4) is 0 Å². The molecule has 5 heterocycles. The van der Waals surface area contributed by atoms with Gasteiger partial charge in [-0.05, 0) is 37.8 Å². The molecule has 0 spiro atoms. The fourth-order valence-electron chi connectivity index (χ4n) is 5.04. The summed E-state index contributed by atoms with van der Waals surface area (Å²) < 4.78 is 47.5. The molecule has 0 atom stereocenters. The average molecular weight is 484 g/mol. The van der Waals surface area contributed by atoms with Crippen LogP contribution in [0.1, 0.15) is 37.1 Å². The lowest BCUT2D eigenvalue weighted by Crippen LogP contribution is -2.49. The van der Waals surface area contributed by atoms with Crippen molar-refractivity contribution in [1.82, 2.24) is 39.1 Å². The third-order valence-electron chi connectivity index (χ3n) is 7.14. The molecule has 2 aliphatic rings. The van der Waals surface area contributed by atoms with Gasteiger partial charge in [0.25, 0.3) is 0 Å². The molecule has 0 radical (unpaired) electrons. The van der Waals surface area contributed by atoms with E-state index in [1.165, 1.54) is 0 Å². The molecule has 1 aliphatic carbocycles. The lowest BCUT2D eigenvalue weighted by molar-refractivity contribution is -0.216. The Hall–Kier alpha value is -3.70. The van der Waals surface area contributed by atoms with E-state index in [1.54, 1.807) is 21.6 Å². The summed E-state index contributed by atoms with van der Waals surface area (Å²) in [6.07, 6.45) is 2.41. The summed E-state index contributed by atoms with van der Waals surface area (Å²) in [6.45, 7) is 3.05. The average Bonchev–Trinajstić information content (AvgIpc) is 3.45. The highest BCUT2D eigenvalue weighted by Gasteiger charge is 2.62. The van der Waals surface area contributed by atoms with Gasteiger partial charge in [-0.25, -0.2) is 9.97 Å². The minimum Gasteiger partial charge on any atom is -0.344 e. The third-order valence-corrected chi connectivity index (χ3v) is 7.14. The van der Waals surface area contributed by atoms with Gasteiger partial charge in [0.2, 0.25) is 5.95 Å². The highest BCUT2D eigenvalue weighted by atomic mass is 19.4. The van der Waals surface area contributed by atoms with Gasteiger partial charge in [-0.15, -0.1) is 10.2 Å². The molecule has 1 fully saturated rings. The number of rotatable bonds is 4. The molecule has 1 aliphatic heterocycles. The second-order valence-corrected chi connectivity index (χ2v) is 9.28. The van der Waals surface area contributed by atoms with Crippen LogP contribution in [0.15, 0.2) is 30.7 Å². The molecule has 9 nitrogen and oxygen atoms in total. The first-order valence-electron chi connectivity index (χ1n) is 11.6. The van der Waals surface area contributed by atoms with Gasteiger partial charge in [0.05, 0.1) is 17.6 Å². The van der Waals surface area contributed by atoms with Crippen molar-refractivity contribution in [3.05, 3.63) is 42.1 Å². The predicted molar refractivity (Wildman–Crippen MR) is 122 cm³/mol. The Labute approximate surface area is 199 Å². The van der Waals surface area contributed by atoms with Crippen molar-refractivity contribution in [2.75, 3.05) is 5.32 Å². The Morgan fingerprint density at radius 2 is 1.94 bits per heavy atom. The van der Waals surface area contributed by atoms with Crippen molar-refractivity contribution < 1.29 is 13.2 Å². The summed E-state index contributed by atoms with van der Waals surface area (Å²) in [5.41, 5.74) is 1.32. The van der Waals surface area contributed by atoms with E-state index >= 15 is 0 Å². The monoisotopic (exact) mass is 483 g/mol. The predicted octanol–water partition coefficient (Wildman–Crippen LogP) is 4.38. The highest BCUT2D eigenvalue weighted by molar-refractivity contribution is 5.70. The van der Waals surface area contributed by atoms with Crippen LogP contribution in [-0.2, 0) is 25.6 Å². The highest BCUT2D eigenvalue weighted by Crippen LogP contribution is 2.54. The maximum Gasteiger partial charge on any atom is 0.401 e. The number of aromatic nitrogens is 8. The van der Waals surface area contributed by atoms with Crippen LogP contribution in [0.4, 0.5) is 24.9 Å². The maximum atomic E-state index is 14.0. The molecule has 1 saturated carbocycles. The Morgan fingerprint density at radius 1 is 1.11 bits per heavy atom. The summed E-state index contributed by atoms with van der Waals surface area (Å²) in [6, 6.07) is 3.75. The van der Waals surface area contributed by atoms with Crippen molar-refractivity contribution in [2.24, 2.45) is 7.05 Å². The quantitative estimate of drug-likeness (QED) is 0.463. The second kappa shape index (κ2) is 7.65. The molecule has 0 bridgehead atoms. The largest absolute Gasteiger partial charge is 0.401 e. The van der Waals surface area contributed by atoms with Crippen molar-refractivity contribution in [3.63, 3.8) is 0 Å². The van der Waals surface area contributed by atoms with Gasteiger partial charge in [0.15, 0.2) is 5.82 Å². The zero-order valence-electron chi connectivity index (χ0n) is 19.3. The lowest BCUT2D eigenvalue weighted by atomic mass is 9.67. The smallest absolute Gasteiger partial charge is 0.344 e. The number of anilines is 2. The fraction of sp³-hybridized carbons (Fsp3) is 0.435. The first kappa shape index (κ1) is 21.8. The molecule has 4 aromatic rings. The molecule has 6 rings (SSSR count). The van der Waals surface area contributed by atoms with Crippen molar-refractivity contribution in [2.45, 2.75) is 57.3 Å². The van der Waals surface area contributed by atoms with Crippen LogP contribution in [-0.4, -0.2) is 45.3 Å². The summed E-state index contributed by atoms with van der Waals surface area (Å²) in [5.74, 6) is 1.70. The van der Waals surface area contributed by atoms with Crippen molar-refractivity contribution >= 4 is 11.8 Å². The first-order chi connectivity index (χ1) is 16.8. The maximum absolute atomic E-state index is 14.0. The fourth-order valence-corrected chi connectivity index (χ4v) is 5.04. The number of hydrogen-bond donors (Lipinski definition) is 1. The van der Waals surface area contributed by atoms with Gasteiger partial charge in [0.1, 0.15) is 17.1 Å². The number of nitrogens with one attached hydrogen (secondary N) is 1. The normalized spacial score (nSPS) is 16.8. The van der Waals surface area contributed by atoms with E-state index in [0.29, 0.717) is 37.7 Å². The lowest BCUT2D eigenvalue weighted by Gasteiger charge is -2.42. The number of fused-ring (bicyclic) bond motifs is 3. The minimum absolute atomic E-state index is 0.0448. The zero-order valence-corrected chi connectivity index (χ0v) is 19.3. The van der Waals surface area contributed by atoms with E-state index in [2.05, 4.69) is 25.6 Å². The van der Waals surface area contributed by atoms with Crippen LogP contribution in [0.25, 0.3) is 22.8 Å². The number of aryl methyl sites for hydroxylation is 3. The number of hydrogen-bond acceptors (Lipinski definition) is 6. The third kappa shape index (κ3) is 3.34. The summed E-state index contributed by atoms with van der Waals surface area (Å²) in [7, 11) is 1.82. The van der Waals surface area contributed by atoms with E-state index in [0.717, 1.165) is 28.3 Å². The number of halogens is 3. The van der Waals surface area contributed by atoms with Crippen molar-refractivity contribution in [1.29, 1.82) is 0 Å². The van der Waals surface area contributed by atoms with Gasteiger partial charge in [-0.1, -0.05) is 6.42 Å². The number of alkyl halides is 3.